The quantitative estimate of drug-likeness (QED) is 0.347. The summed E-state index contributed by atoms with van der Waals surface area (Å²) in [5, 5.41) is 39.4. The molecule has 3 N–H and O–H groups in total. The molecule has 3 aromatic carbocycles. The number of halogens is 2. The molecule has 0 saturated heterocycles. The Kier molecular flexibility index (Phi) is 6.41. The highest BCUT2D eigenvalue weighted by atomic mass is 35.5. The molecule has 0 amide bonds. The van der Waals surface area contributed by atoms with Crippen LogP contribution in [-0.4, -0.2) is 49.9 Å². The summed E-state index contributed by atoms with van der Waals surface area (Å²) in [5.74, 6) is -1.22. The number of sulfonamides is 1. The minimum atomic E-state index is -4.22. The lowest BCUT2D eigenvalue weighted by molar-refractivity contribution is 0.420. The van der Waals surface area contributed by atoms with Crippen LogP contribution in [0.25, 0.3) is 17.1 Å². The standard InChI is InChI=1S/C22H18Cl2N4O5S/c1-27(12-13-5-4-6-14(23)9-13)34(32,33)20-10-15(18(29)11-19(20)30)21-25-26-22(31)28(21)17-8-3-2-7-16(17)24/h2-11,29-30H,12H2,1H3,(H,26,31). The van der Waals surface area contributed by atoms with Crippen molar-refractivity contribution in [3.05, 3.63) is 76.3 Å². The number of hydrogen-bond donors (Lipinski definition) is 3. The molecule has 0 saturated carbocycles. The first-order chi connectivity index (χ1) is 16.1. The van der Waals surface area contributed by atoms with Gasteiger partial charge < -0.3 is 15.3 Å². The molecule has 4 rings (SSSR count). The molecule has 0 spiro atoms. The van der Waals surface area contributed by atoms with Crippen LogP contribution in [0.1, 0.15) is 5.56 Å². The third-order valence-electron chi connectivity index (χ3n) is 5.04. The molecule has 176 valence electrons. The Labute approximate surface area is 205 Å². The third kappa shape index (κ3) is 4.40. The van der Waals surface area contributed by atoms with Gasteiger partial charge in [0.25, 0.3) is 0 Å². The van der Waals surface area contributed by atoms with E-state index in [1.165, 1.54) is 7.05 Å². The van der Waals surface area contributed by atoms with Crippen molar-refractivity contribution in [2.45, 2.75) is 11.4 Å². The maximum absolute atomic E-state index is 13.3. The van der Waals surface area contributed by atoms with Crippen LogP contribution in [-0.2, 0) is 16.6 Å². The monoisotopic (exact) mass is 520 g/mol. The summed E-state index contributed by atoms with van der Waals surface area (Å²) in [6.07, 6.45) is 0. The third-order valence-corrected chi connectivity index (χ3v) is 7.43. The van der Waals surface area contributed by atoms with Gasteiger partial charge >= 0.3 is 6.01 Å². The normalized spacial score (nSPS) is 11.8. The van der Waals surface area contributed by atoms with Gasteiger partial charge in [0.2, 0.25) is 10.0 Å². The average Bonchev–Trinajstić information content (AvgIpc) is 3.15. The SMILES string of the molecule is CN(Cc1cccc(Cl)c1)S(=O)(=O)c1cc(-c2nnc(O)n2-c2ccccc2Cl)c(O)cc1O. The van der Waals surface area contributed by atoms with Crippen LogP contribution >= 0.6 is 23.2 Å². The van der Waals surface area contributed by atoms with E-state index >= 15 is 0 Å². The molecule has 1 aromatic heterocycles. The Morgan fingerprint density at radius 3 is 2.38 bits per heavy atom. The number of phenols is 2. The predicted molar refractivity (Wildman–Crippen MR) is 127 cm³/mol. The van der Waals surface area contributed by atoms with Crippen molar-refractivity contribution < 1.29 is 23.7 Å². The van der Waals surface area contributed by atoms with Crippen molar-refractivity contribution in [1.82, 2.24) is 19.1 Å². The van der Waals surface area contributed by atoms with Crippen molar-refractivity contribution in [2.75, 3.05) is 7.05 Å². The summed E-state index contributed by atoms with van der Waals surface area (Å²) in [5.41, 5.74) is 0.845. The van der Waals surface area contributed by atoms with Gasteiger partial charge in [0.1, 0.15) is 16.4 Å². The lowest BCUT2D eigenvalue weighted by Crippen LogP contribution is -2.26. The Morgan fingerprint density at radius 2 is 1.68 bits per heavy atom. The Morgan fingerprint density at radius 1 is 0.941 bits per heavy atom. The van der Waals surface area contributed by atoms with Crippen LogP contribution in [0.5, 0.6) is 17.5 Å². The van der Waals surface area contributed by atoms with Crippen molar-refractivity contribution in [2.24, 2.45) is 0 Å². The molecule has 12 heteroatoms. The van der Waals surface area contributed by atoms with Gasteiger partial charge in [-0.2, -0.15) is 4.31 Å². The first-order valence-electron chi connectivity index (χ1n) is 9.76. The molecular weight excluding hydrogens is 503 g/mol. The van der Waals surface area contributed by atoms with Gasteiger partial charge in [-0.3, -0.25) is 0 Å². The molecule has 0 bridgehead atoms. The van der Waals surface area contributed by atoms with Gasteiger partial charge in [-0.25, -0.2) is 13.0 Å². The minimum Gasteiger partial charge on any atom is -0.507 e. The highest BCUT2D eigenvalue weighted by molar-refractivity contribution is 7.89. The van der Waals surface area contributed by atoms with E-state index in [0.29, 0.717) is 16.3 Å². The molecule has 0 unspecified atom stereocenters. The molecule has 0 aliphatic heterocycles. The van der Waals surface area contributed by atoms with Crippen molar-refractivity contribution in [1.29, 1.82) is 0 Å². The van der Waals surface area contributed by atoms with E-state index < -0.39 is 32.4 Å². The van der Waals surface area contributed by atoms with Crippen LogP contribution in [0.2, 0.25) is 10.0 Å². The Hall–Kier alpha value is -3.31. The van der Waals surface area contributed by atoms with E-state index in [-0.39, 0.29) is 23.0 Å². The molecule has 1 heterocycles. The Bertz CT molecular complexity index is 1490. The van der Waals surface area contributed by atoms with E-state index in [1.54, 1.807) is 48.5 Å². The summed E-state index contributed by atoms with van der Waals surface area (Å²) < 4.78 is 28.8. The van der Waals surface area contributed by atoms with Gasteiger partial charge in [0, 0.05) is 24.7 Å². The second-order valence-electron chi connectivity index (χ2n) is 7.34. The van der Waals surface area contributed by atoms with Gasteiger partial charge in [0.15, 0.2) is 5.82 Å². The van der Waals surface area contributed by atoms with Crippen LogP contribution in [0.3, 0.4) is 0 Å². The first-order valence-corrected chi connectivity index (χ1v) is 12.0. The Balaban J connectivity index is 1.81. The number of benzene rings is 3. The van der Waals surface area contributed by atoms with Crippen LogP contribution < -0.4 is 0 Å². The number of hydrogen-bond acceptors (Lipinski definition) is 7. The van der Waals surface area contributed by atoms with E-state index in [0.717, 1.165) is 21.0 Å². The molecule has 0 fully saturated rings. The molecule has 0 aliphatic carbocycles. The van der Waals surface area contributed by atoms with Gasteiger partial charge in [-0.15, -0.1) is 5.10 Å². The fourth-order valence-electron chi connectivity index (χ4n) is 3.39. The first kappa shape index (κ1) is 23.8. The van der Waals surface area contributed by atoms with E-state index in [1.807, 2.05) is 0 Å². The van der Waals surface area contributed by atoms with Gasteiger partial charge in [0.05, 0.1) is 16.3 Å². The maximum Gasteiger partial charge on any atom is 0.319 e. The molecule has 0 atom stereocenters. The number of nitrogens with zero attached hydrogens (tertiary/aromatic N) is 4. The largest absolute Gasteiger partial charge is 0.507 e. The lowest BCUT2D eigenvalue weighted by Gasteiger charge is -2.19. The molecule has 9 nitrogen and oxygen atoms in total. The molecule has 0 radical (unpaired) electrons. The number of aromatic hydroxyl groups is 3. The van der Waals surface area contributed by atoms with E-state index in [2.05, 4.69) is 10.2 Å². The zero-order valence-electron chi connectivity index (χ0n) is 17.6. The van der Waals surface area contributed by atoms with Crippen LogP contribution in [0.15, 0.2) is 65.6 Å². The smallest absolute Gasteiger partial charge is 0.319 e. The average molecular weight is 521 g/mol. The minimum absolute atomic E-state index is 0.0187. The molecule has 0 aliphatic rings. The molecular formula is C22H18Cl2N4O5S. The summed E-state index contributed by atoms with van der Waals surface area (Å²) in [6, 6.07) is 14.7. The summed E-state index contributed by atoms with van der Waals surface area (Å²) in [6.45, 7) is -0.0187. The number of rotatable bonds is 6. The lowest BCUT2D eigenvalue weighted by atomic mass is 10.1. The predicted octanol–water partition coefficient (Wildman–Crippen LogP) is 4.18. The fraction of sp³-hybridized carbons (Fsp3) is 0.0909. The summed E-state index contributed by atoms with van der Waals surface area (Å²) in [4.78, 5) is -0.474. The second kappa shape index (κ2) is 9.15. The molecule has 4 aromatic rings. The topological polar surface area (TPSA) is 129 Å². The van der Waals surface area contributed by atoms with Gasteiger partial charge in [-0.1, -0.05) is 52.6 Å². The number of aromatic nitrogens is 3. The second-order valence-corrected chi connectivity index (χ2v) is 10.2. The highest BCUT2D eigenvalue weighted by Crippen LogP contribution is 2.39. The zero-order valence-corrected chi connectivity index (χ0v) is 19.9. The molecule has 34 heavy (non-hydrogen) atoms. The maximum atomic E-state index is 13.3. The highest BCUT2D eigenvalue weighted by Gasteiger charge is 2.28. The van der Waals surface area contributed by atoms with E-state index in [9.17, 15) is 23.7 Å². The van der Waals surface area contributed by atoms with Crippen LogP contribution in [0.4, 0.5) is 0 Å². The van der Waals surface area contributed by atoms with Crippen molar-refractivity contribution in [3.63, 3.8) is 0 Å². The summed E-state index contributed by atoms with van der Waals surface area (Å²) >= 11 is 12.2. The number of para-hydroxylation sites is 1. The summed E-state index contributed by atoms with van der Waals surface area (Å²) in [7, 11) is -2.88. The van der Waals surface area contributed by atoms with Crippen molar-refractivity contribution in [3.8, 4) is 34.6 Å². The van der Waals surface area contributed by atoms with Gasteiger partial charge in [-0.05, 0) is 35.9 Å². The van der Waals surface area contributed by atoms with Crippen molar-refractivity contribution >= 4 is 33.2 Å². The van der Waals surface area contributed by atoms with E-state index in [4.69, 9.17) is 23.2 Å². The number of phenolic OH excluding ortho intramolecular Hbond substituents is 2. The van der Waals surface area contributed by atoms with Crippen LogP contribution in [0, 0.1) is 0 Å². The zero-order chi connectivity index (χ0) is 24.6. The fourth-order valence-corrected chi connectivity index (χ4v) is 5.07.